The number of hydrogen-bond donors (Lipinski definition) is 1. The van der Waals surface area contributed by atoms with Crippen molar-refractivity contribution in [3.63, 3.8) is 0 Å². The van der Waals surface area contributed by atoms with Gasteiger partial charge < -0.3 is 5.32 Å². The van der Waals surface area contributed by atoms with Gasteiger partial charge in [-0.3, -0.25) is 4.79 Å². The molecule has 0 aromatic carbocycles. The van der Waals surface area contributed by atoms with Gasteiger partial charge in [0.1, 0.15) is 0 Å². The van der Waals surface area contributed by atoms with Gasteiger partial charge in [-0.25, -0.2) is 0 Å². The molecule has 0 fully saturated rings. The molecule has 1 N–H and O–H groups in total. The molecule has 0 unspecified atom stereocenters. The average molecular weight is 201 g/mol. The number of amides is 1. The highest BCUT2D eigenvalue weighted by molar-refractivity contribution is 7.16. The molecule has 0 saturated heterocycles. The van der Waals surface area contributed by atoms with E-state index in [1.54, 1.807) is 6.07 Å². The average Bonchev–Trinajstić information content (AvgIpc) is 2.47. The Morgan fingerprint density at radius 3 is 3.00 bits per heavy atom. The highest BCUT2D eigenvalue weighted by Crippen LogP contribution is 2.20. The summed E-state index contributed by atoms with van der Waals surface area (Å²) in [7, 11) is 0. The topological polar surface area (TPSA) is 52.9 Å². The van der Waals surface area contributed by atoms with E-state index in [-0.39, 0.29) is 0 Å². The lowest BCUT2D eigenvalue weighted by Crippen LogP contribution is -2.19. The van der Waals surface area contributed by atoms with E-state index in [9.17, 15) is 4.79 Å². The van der Waals surface area contributed by atoms with Crippen LogP contribution in [0.25, 0.3) is 0 Å². The number of hydrogen-bond acceptors (Lipinski definition) is 3. The molecule has 0 spiro atoms. The van der Waals surface area contributed by atoms with Gasteiger partial charge in [-0.1, -0.05) is 11.6 Å². The third-order valence-electron chi connectivity index (χ3n) is 1.15. The second-order valence-corrected chi connectivity index (χ2v) is 3.80. The van der Waals surface area contributed by atoms with E-state index in [1.165, 1.54) is 17.4 Å². The molecule has 0 aliphatic carbocycles. The highest BCUT2D eigenvalue weighted by atomic mass is 35.5. The standard InChI is InChI=1S/C7H5ClN2OS/c8-6-2-1-5(12-6)4-10-7(11)3-9/h1-2H,4H2,(H,10,11). The van der Waals surface area contributed by atoms with Crippen molar-refractivity contribution in [3.8, 4) is 6.07 Å². The van der Waals surface area contributed by atoms with Gasteiger partial charge in [0.25, 0.3) is 0 Å². The predicted molar refractivity (Wildman–Crippen MR) is 46.8 cm³/mol. The summed E-state index contributed by atoms with van der Waals surface area (Å²) in [5, 5.41) is 10.5. The van der Waals surface area contributed by atoms with Crippen molar-refractivity contribution >= 4 is 28.8 Å². The lowest BCUT2D eigenvalue weighted by Gasteiger charge is -1.94. The van der Waals surface area contributed by atoms with Crippen LogP contribution in [0.15, 0.2) is 12.1 Å². The Morgan fingerprint density at radius 2 is 2.50 bits per heavy atom. The third kappa shape index (κ3) is 2.53. The van der Waals surface area contributed by atoms with Crippen molar-refractivity contribution in [2.24, 2.45) is 0 Å². The molecule has 0 bridgehead atoms. The molecule has 0 aliphatic rings. The number of rotatable bonds is 2. The highest BCUT2D eigenvalue weighted by Gasteiger charge is 2.00. The Labute approximate surface area is 78.6 Å². The van der Waals surface area contributed by atoms with Gasteiger partial charge >= 0.3 is 5.91 Å². The van der Waals surface area contributed by atoms with Gasteiger partial charge in [0.2, 0.25) is 0 Å². The number of thiophene rings is 1. The largest absolute Gasteiger partial charge is 0.339 e. The summed E-state index contributed by atoms with van der Waals surface area (Å²) < 4.78 is 0.677. The van der Waals surface area contributed by atoms with Crippen molar-refractivity contribution < 1.29 is 4.79 Å². The smallest absolute Gasteiger partial charge is 0.322 e. The SMILES string of the molecule is N#CC(=O)NCc1ccc(Cl)s1. The Balaban J connectivity index is 2.44. The van der Waals surface area contributed by atoms with Crippen LogP contribution in [-0.2, 0) is 11.3 Å². The zero-order chi connectivity index (χ0) is 8.97. The molecule has 62 valence electrons. The fraction of sp³-hybridized carbons (Fsp3) is 0.143. The monoisotopic (exact) mass is 200 g/mol. The minimum atomic E-state index is -0.625. The fourth-order valence-electron chi connectivity index (χ4n) is 0.654. The summed E-state index contributed by atoms with van der Waals surface area (Å²) in [4.78, 5) is 11.4. The third-order valence-corrected chi connectivity index (χ3v) is 2.38. The van der Waals surface area contributed by atoms with Crippen LogP contribution in [0.4, 0.5) is 0 Å². The molecular formula is C7H5ClN2OS. The van der Waals surface area contributed by atoms with Crippen molar-refractivity contribution in [2.75, 3.05) is 0 Å². The Morgan fingerprint density at radius 1 is 1.75 bits per heavy atom. The molecule has 1 rings (SSSR count). The summed E-state index contributed by atoms with van der Waals surface area (Å²) in [6.45, 7) is 0.365. The Hall–Kier alpha value is -1.05. The first kappa shape index (κ1) is 9.04. The molecule has 1 heterocycles. The second kappa shape index (κ2) is 4.10. The molecule has 0 radical (unpaired) electrons. The predicted octanol–water partition coefficient (Wildman–Crippen LogP) is 1.54. The number of carbonyl (C=O) groups is 1. The molecule has 1 aromatic rings. The van der Waals surface area contributed by atoms with Gasteiger partial charge in [-0.05, 0) is 12.1 Å². The lowest BCUT2D eigenvalue weighted by atomic mass is 10.4. The molecule has 0 aliphatic heterocycles. The fourth-order valence-corrected chi connectivity index (χ4v) is 1.68. The summed E-state index contributed by atoms with van der Waals surface area (Å²) in [5.41, 5.74) is 0. The van der Waals surface area contributed by atoms with E-state index in [0.717, 1.165) is 4.88 Å². The number of nitriles is 1. The van der Waals surface area contributed by atoms with E-state index in [4.69, 9.17) is 16.9 Å². The summed E-state index contributed by atoms with van der Waals surface area (Å²) in [5.74, 6) is -0.625. The second-order valence-electron chi connectivity index (χ2n) is 2.00. The van der Waals surface area contributed by atoms with Crippen LogP contribution in [0.3, 0.4) is 0 Å². The summed E-state index contributed by atoms with van der Waals surface area (Å²) >= 11 is 7.03. The van der Waals surface area contributed by atoms with Crippen molar-refractivity contribution in [1.82, 2.24) is 5.32 Å². The number of nitrogens with zero attached hydrogens (tertiary/aromatic N) is 1. The minimum Gasteiger partial charge on any atom is -0.339 e. The number of halogens is 1. The van der Waals surface area contributed by atoms with E-state index in [0.29, 0.717) is 10.9 Å². The van der Waals surface area contributed by atoms with Gasteiger partial charge in [0.05, 0.1) is 10.9 Å². The van der Waals surface area contributed by atoms with Gasteiger partial charge in [-0.15, -0.1) is 11.3 Å². The van der Waals surface area contributed by atoms with Gasteiger partial charge in [-0.2, -0.15) is 5.26 Å². The maximum atomic E-state index is 10.5. The molecule has 12 heavy (non-hydrogen) atoms. The summed E-state index contributed by atoms with van der Waals surface area (Å²) in [6.07, 6.45) is 0. The maximum absolute atomic E-state index is 10.5. The van der Waals surface area contributed by atoms with Crippen LogP contribution in [-0.4, -0.2) is 5.91 Å². The van der Waals surface area contributed by atoms with Gasteiger partial charge in [0, 0.05) is 4.88 Å². The van der Waals surface area contributed by atoms with E-state index in [1.807, 2.05) is 6.07 Å². The van der Waals surface area contributed by atoms with Crippen molar-refractivity contribution in [2.45, 2.75) is 6.54 Å². The van der Waals surface area contributed by atoms with Crippen LogP contribution < -0.4 is 5.32 Å². The molecule has 1 aromatic heterocycles. The number of carbonyl (C=O) groups excluding carboxylic acids is 1. The maximum Gasteiger partial charge on any atom is 0.322 e. The van der Waals surface area contributed by atoms with Crippen LogP contribution in [0.2, 0.25) is 4.34 Å². The Kier molecular flexibility index (Phi) is 3.09. The molecule has 3 nitrogen and oxygen atoms in total. The lowest BCUT2D eigenvalue weighted by molar-refractivity contribution is -0.116. The van der Waals surface area contributed by atoms with Crippen LogP contribution >= 0.6 is 22.9 Å². The minimum absolute atomic E-state index is 0.365. The Bertz CT molecular complexity index is 328. The number of nitrogens with one attached hydrogen (secondary N) is 1. The quantitative estimate of drug-likeness (QED) is 0.737. The zero-order valence-electron chi connectivity index (χ0n) is 6.00. The van der Waals surface area contributed by atoms with Crippen LogP contribution in [0.5, 0.6) is 0 Å². The van der Waals surface area contributed by atoms with Crippen molar-refractivity contribution in [1.29, 1.82) is 5.26 Å². The first-order chi connectivity index (χ1) is 5.72. The molecule has 1 amide bonds. The molecule has 0 atom stereocenters. The first-order valence-corrected chi connectivity index (χ1v) is 4.34. The van der Waals surface area contributed by atoms with Crippen LogP contribution in [0.1, 0.15) is 4.88 Å². The normalized spacial score (nSPS) is 9.00. The van der Waals surface area contributed by atoms with Gasteiger partial charge in [0.15, 0.2) is 6.07 Å². The van der Waals surface area contributed by atoms with E-state index in [2.05, 4.69) is 5.32 Å². The molecular weight excluding hydrogens is 196 g/mol. The zero-order valence-corrected chi connectivity index (χ0v) is 7.58. The summed E-state index contributed by atoms with van der Waals surface area (Å²) in [6, 6.07) is 5.02. The molecule has 5 heteroatoms. The molecule has 0 saturated carbocycles. The van der Waals surface area contributed by atoms with Crippen LogP contribution in [0, 0.1) is 11.3 Å². The van der Waals surface area contributed by atoms with Crippen molar-refractivity contribution in [3.05, 3.63) is 21.3 Å². The van der Waals surface area contributed by atoms with E-state index >= 15 is 0 Å². The first-order valence-electron chi connectivity index (χ1n) is 3.14. The van der Waals surface area contributed by atoms with E-state index < -0.39 is 5.91 Å².